The predicted octanol–water partition coefficient (Wildman–Crippen LogP) is 1.08. The summed E-state index contributed by atoms with van der Waals surface area (Å²) in [7, 11) is 1.80. The van der Waals surface area contributed by atoms with Crippen molar-refractivity contribution in [3.63, 3.8) is 0 Å². The third-order valence-electron chi connectivity index (χ3n) is 2.91. The van der Waals surface area contributed by atoms with E-state index in [-0.39, 0.29) is 16.9 Å². The van der Waals surface area contributed by atoms with E-state index in [1.807, 2.05) is 0 Å². The Labute approximate surface area is 119 Å². The van der Waals surface area contributed by atoms with Crippen molar-refractivity contribution in [3.05, 3.63) is 46.0 Å². The molecule has 0 radical (unpaired) electrons. The largest absolute Gasteiger partial charge is 0.478 e. The fourth-order valence-corrected chi connectivity index (χ4v) is 1.81. The molecule has 1 heterocycles. The highest BCUT2D eigenvalue weighted by Crippen LogP contribution is 2.25. The second kappa shape index (κ2) is 5.99. The topological polar surface area (TPSA) is 123 Å². The molecule has 0 saturated carbocycles. The fraction of sp³-hybridized carbons (Fsp3) is 0.250. The van der Waals surface area contributed by atoms with Gasteiger partial charge in [-0.1, -0.05) is 0 Å². The van der Waals surface area contributed by atoms with Crippen molar-refractivity contribution in [1.29, 1.82) is 0 Å². The van der Waals surface area contributed by atoms with Crippen molar-refractivity contribution in [1.82, 2.24) is 14.8 Å². The number of aromatic carboxylic acids is 1. The summed E-state index contributed by atoms with van der Waals surface area (Å²) < 4.78 is 1.75. The Morgan fingerprint density at radius 3 is 2.86 bits per heavy atom. The van der Waals surface area contributed by atoms with Crippen molar-refractivity contribution in [2.45, 2.75) is 6.42 Å². The lowest BCUT2D eigenvalue weighted by Gasteiger charge is -2.07. The van der Waals surface area contributed by atoms with Gasteiger partial charge in [-0.15, -0.1) is 10.2 Å². The van der Waals surface area contributed by atoms with Crippen LogP contribution >= 0.6 is 0 Å². The van der Waals surface area contributed by atoms with Crippen molar-refractivity contribution >= 4 is 17.3 Å². The first-order valence-corrected chi connectivity index (χ1v) is 6.07. The molecule has 0 amide bonds. The average molecular weight is 291 g/mol. The lowest BCUT2D eigenvalue weighted by Crippen LogP contribution is -2.10. The summed E-state index contributed by atoms with van der Waals surface area (Å²) in [6.07, 6.45) is 2.10. The maximum absolute atomic E-state index is 11.0. The van der Waals surface area contributed by atoms with Gasteiger partial charge in [-0.25, -0.2) is 4.79 Å². The van der Waals surface area contributed by atoms with E-state index in [1.165, 1.54) is 12.1 Å². The quantitative estimate of drug-likeness (QED) is 0.602. The molecule has 0 bridgehead atoms. The Bertz CT molecular complexity index is 682. The van der Waals surface area contributed by atoms with Crippen LogP contribution in [-0.4, -0.2) is 37.3 Å². The van der Waals surface area contributed by atoms with Crippen molar-refractivity contribution in [2.24, 2.45) is 7.05 Å². The molecule has 1 aromatic carbocycles. The highest BCUT2D eigenvalue weighted by atomic mass is 16.6. The van der Waals surface area contributed by atoms with Crippen LogP contribution in [-0.2, 0) is 13.5 Å². The molecule has 2 N–H and O–H groups in total. The Balaban J connectivity index is 2.10. The van der Waals surface area contributed by atoms with Crippen LogP contribution in [0.25, 0.3) is 0 Å². The number of anilines is 1. The Morgan fingerprint density at radius 2 is 2.29 bits per heavy atom. The molecule has 0 aliphatic carbocycles. The Morgan fingerprint density at radius 1 is 1.52 bits per heavy atom. The Kier molecular flexibility index (Phi) is 4.12. The normalized spacial score (nSPS) is 10.3. The first-order valence-electron chi connectivity index (χ1n) is 6.07. The third-order valence-corrected chi connectivity index (χ3v) is 2.91. The molecule has 0 spiro atoms. The molecule has 9 nitrogen and oxygen atoms in total. The molecule has 0 atom stereocenters. The van der Waals surface area contributed by atoms with E-state index in [0.29, 0.717) is 13.0 Å². The van der Waals surface area contributed by atoms with Crippen LogP contribution in [0, 0.1) is 10.1 Å². The number of carbonyl (C=O) groups is 1. The van der Waals surface area contributed by atoms with Crippen molar-refractivity contribution < 1.29 is 14.8 Å². The zero-order valence-corrected chi connectivity index (χ0v) is 11.2. The van der Waals surface area contributed by atoms with Crippen LogP contribution in [0.3, 0.4) is 0 Å². The van der Waals surface area contributed by atoms with Crippen LogP contribution in [0.15, 0.2) is 24.5 Å². The minimum atomic E-state index is -1.20. The van der Waals surface area contributed by atoms with E-state index in [2.05, 4.69) is 15.5 Å². The lowest BCUT2D eigenvalue weighted by molar-refractivity contribution is -0.384. The van der Waals surface area contributed by atoms with Gasteiger partial charge in [0.05, 0.1) is 10.5 Å². The summed E-state index contributed by atoms with van der Waals surface area (Å²) in [5.74, 6) is -0.462. The number of hydrogen-bond donors (Lipinski definition) is 2. The number of carboxylic acids is 1. The standard InChI is InChI=1S/C12H13N5O4/c1-16-7-14-15-11(16)4-5-13-9-3-2-8(12(18)19)6-10(9)17(20)21/h2-3,6-7,13H,4-5H2,1H3,(H,18,19). The molecular formula is C12H13N5O4. The van der Waals surface area contributed by atoms with Crippen LogP contribution < -0.4 is 5.32 Å². The second-order valence-electron chi connectivity index (χ2n) is 4.33. The summed E-state index contributed by atoms with van der Waals surface area (Å²) >= 11 is 0. The minimum absolute atomic E-state index is 0.124. The van der Waals surface area contributed by atoms with E-state index in [0.717, 1.165) is 11.9 Å². The van der Waals surface area contributed by atoms with Gasteiger partial charge in [0.15, 0.2) is 0 Å². The smallest absolute Gasteiger partial charge is 0.335 e. The molecule has 110 valence electrons. The molecular weight excluding hydrogens is 278 g/mol. The molecule has 0 aliphatic heterocycles. The van der Waals surface area contributed by atoms with Crippen molar-refractivity contribution in [2.75, 3.05) is 11.9 Å². The molecule has 2 aromatic rings. The summed E-state index contributed by atoms with van der Waals surface area (Å²) in [5, 5.41) is 30.4. The summed E-state index contributed by atoms with van der Waals surface area (Å²) in [6, 6.07) is 3.74. The summed E-state index contributed by atoms with van der Waals surface area (Å²) in [4.78, 5) is 21.2. The average Bonchev–Trinajstić information content (AvgIpc) is 2.84. The minimum Gasteiger partial charge on any atom is -0.478 e. The van der Waals surface area contributed by atoms with Gasteiger partial charge in [0.2, 0.25) is 0 Å². The van der Waals surface area contributed by atoms with Gasteiger partial charge in [-0.3, -0.25) is 10.1 Å². The molecule has 0 saturated heterocycles. The van der Waals surface area contributed by atoms with Gasteiger partial charge in [0, 0.05) is 26.1 Å². The molecule has 1 aromatic heterocycles. The van der Waals surface area contributed by atoms with Crippen molar-refractivity contribution in [3.8, 4) is 0 Å². The molecule has 9 heteroatoms. The first-order chi connectivity index (χ1) is 9.99. The van der Waals surface area contributed by atoms with Gasteiger partial charge < -0.3 is 15.0 Å². The third kappa shape index (κ3) is 3.32. The summed E-state index contributed by atoms with van der Waals surface area (Å²) in [5.41, 5.74) is -0.124. The fourth-order valence-electron chi connectivity index (χ4n) is 1.81. The molecule has 0 aliphatic rings. The van der Waals surface area contributed by atoms with Crippen LogP contribution in [0.1, 0.15) is 16.2 Å². The monoisotopic (exact) mass is 291 g/mol. The highest BCUT2D eigenvalue weighted by Gasteiger charge is 2.17. The van der Waals surface area contributed by atoms with Gasteiger partial charge in [0.25, 0.3) is 5.69 Å². The second-order valence-corrected chi connectivity index (χ2v) is 4.33. The van der Waals surface area contributed by atoms with Crippen LogP contribution in [0.5, 0.6) is 0 Å². The van der Waals surface area contributed by atoms with Gasteiger partial charge in [-0.05, 0) is 12.1 Å². The molecule has 0 fully saturated rings. The zero-order valence-electron chi connectivity index (χ0n) is 11.2. The maximum atomic E-state index is 11.0. The maximum Gasteiger partial charge on any atom is 0.335 e. The summed E-state index contributed by atoms with van der Waals surface area (Å²) in [6.45, 7) is 0.416. The number of nitro groups is 1. The first kappa shape index (κ1) is 14.4. The lowest BCUT2D eigenvalue weighted by atomic mass is 10.1. The SMILES string of the molecule is Cn1cnnc1CCNc1ccc(C(=O)O)cc1[N+](=O)[O-]. The van der Waals surface area contributed by atoms with E-state index >= 15 is 0 Å². The number of aromatic nitrogens is 3. The van der Waals surface area contributed by atoms with E-state index < -0.39 is 10.9 Å². The van der Waals surface area contributed by atoms with E-state index in [1.54, 1.807) is 17.9 Å². The zero-order chi connectivity index (χ0) is 15.4. The van der Waals surface area contributed by atoms with Gasteiger partial charge >= 0.3 is 5.97 Å². The highest BCUT2D eigenvalue weighted by molar-refractivity contribution is 5.89. The molecule has 2 rings (SSSR count). The number of rotatable bonds is 6. The number of aryl methyl sites for hydroxylation is 1. The van der Waals surface area contributed by atoms with E-state index in [9.17, 15) is 14.9 Å². The number of hydrogen-bond acceptors (Lipinski definition) is 6. The van der Waals surface area contributed by atoms with E-state index in [4.69, 9.17) is 5.11 Å². The Hall–Kier alpha value is -2.97. The molecule has 0 unspecified atom stereocenters. The number of carboxylic acid groups (broad SMARTS) is 1. The number of nitro benzene ring substituents is 1. The van der Waals surface area contributed by atoms with Crippen LogP contribution in [0.4, 0.5) is 11.4 Å². The number of benzene rings is 1. The van der Waals surface area contributed by atoms with Crippen LogP contribution in [0.2, 0.25) is 0 Å². The van der Waals surface area contributed by atoms with Gasteiger partial charge in [-0.2, -0.15) is 0 Å². The molecule has 21 heavy (non-hydrogen) atoms. The predicted molar refractivity (Wildman–Crippen MR) is 73.3 cm³/mol. The number of nitrogens with one attached hydrogen (secondary N) is 1. The number of nitrogens with zero attached hydrogens (tertiary/aromatic N) is 4. The van der Waals surface area contributed by atoms with Gasteiger partial charge in [0.1, 0.15) is 17.8 Å².